The lowest BCUT2D eigenvalue weighted by Gasteiger charge is -2.09. The molecule has 0 aliphatic heterocycles. The number of nitrogens with one attached hydrogen (secondary N) is 1. The lowest BCUT2D eigenvalue weighted by atomic mass is 10.2. The van der Waals surface area contributed by atoms with Crippen LogP contribution in [0.2, 0.25) is 5.02 Å². The minimum atomic E-state index is -3.75. The van der Waals surface area contributed by atoms with Crippen LogP contribution in [0.15, 0.2) is 47.4 Å². The molecule has 0 saturated carbocycles. The molecule has 0 aliphatic carbocycles. The van der Waals surface area contributed by atoms with Crippen LogP contribution >= 0.6 is 11.6 Å². The molecule has 0 saturated heterocycles. The average molecular weight is 397 g/mol. The number of amides is 1. The molecule has 8 heteroatoms. The summed E-state index contributed by atoms with van der Waals surface area (Å²) in [7, 11) is -3.75. The Morgan fingerprint density at radius 1 is 1.23 bits per heavy atom. The van der Waals surface area contributed by atoms with Crippen molar-refractivity contribution in [2.75, 3.05) is 6.61 Å². The number of carbonyl (C=O) groups is 1. The maximum Gasteiger partial charge on any atom is 0.238 e. The van der Waals surface area contributed by atoms with E-state index in [2.05, 4.69) is 5.32 Å². The molecule has 0 bridgehead atoms. The molecule has 6 nitrogen and oxygen atoms in total. The van der Waals surface area contributed by atoms with Gasteiger partial charge in [-0.2, -0.15) is 0 Å². The molecule has 0 aromatic heterocycles. The zero-order valence-electron chi connectivity index (χ0n) is 14.4. The van der Waals surface area contributed by atoms with Crippen molar-refractivity contribution < 1.29 is 17.9 Å². The molecule has 0 fully saturated rings. The molecule has 0 atom stereocenters. The third-order valence-electron chi connectivity index (χ3n) is 3.66. The number of hydrogen-bond acceptors (Lipinski definition) is 4. The van der Waals surface area contributed by atoms with Crippen LogP contribution in [0.4, 0.5) is 0 Å². The van der Waals surface area contributed by atoms with Crippen molar-refractivity contribution in [1.82, 2.24) is 5.32 Å². The summed E-state index contributed by atoms with van der Waals surface area (Å²) in [6.45, 7) is 2.54. The summed E-state index contributed by atoms with van der Waals surface area (Å²) in [6, 6.07) is 11.6. The highest BCUT2D eigenvalue weighted by Gasteiger charge is 2.08. The van der Waals surface area contributed by atoms with Crippen molar-refractivity contribution in [3.63, 3.8) is 0 Å². The Balaban J connectivity index is 1.73. The summed E-state index contributed by atoms with van der Waals surface area (Å²) in [5.74, 6) is 0.578. The third kappa shape index (κ3) is 6.33. The first-order valence-corrected chi connectivity index (χ1v) is 9.95. The maximum atomic E-state index is 11.9. The van der Waals surface area contributed by atoms with Gasteiger partial charge in [0.2, 0.25) is 15.9 Å². The Labute approximate surface area is 158 Å². The highest BCUT2D eigenvalue weighted by atomic mass is 35.5. The third-order valence-corrected chi connectivity index (χ3v) is 5.00. The molecule has 0 spiro atoms. The fourth-order valence-corrected chi connectivity index (χ4v) is 2.95. The van der Waals surface area contributed by atoms with Gasteiger partial charge < -0.3 is 10.1 Å². The summed E-state index contributed by atoms with van der Waals surface area (Å²) in [5.41, 5.74) is 1.60. The van der Waals surface area contributed by atoms with Gasteiger partial charge >= 0.3 is 0 Å². The maximum absolute atomic E-state index is 11.9. The van der Waals surface area contributed by atoms with Crippen molar-refractivity contribution in [2.45, 2.75) is 31.2 Å². The normalized spacial score (nSPS) is 11.2. The van der Waals surface area contributed by atoms with E-state index in [1.54, 1.807) is 24.3 Å². The van der Waals surface area contributed by atoms with Gasteiger partial charge in [-0.05, 0) is 54.8 Å². The largest absolute Gasteiger partial charge is 0.494 e. The molecule has 140 valence electrons. The molecule has 2 rings (SSSR count). The van der Waals surface area contributed by atoms with Crippen LogP contribution in [0, 0.1) is 6.92 Å². The summed E-state index contributed by atoms with van der Waals surface area (Å²) >= 11 is 5.95. The molecular weight excluding hydrogens is 376 g/mol. The number of sulfonamides is 1. The van der Waals surface area contributed by atoms with E-state index in [1.807, 2.05) is 13.0 Å². The van der Waals surface area contributed by atoms with Crippen molar-refractivity contribution in [2.24, 2.45) is 5.14 Å². The van der Waals surface area contributed by atoms with E-state index >= 15 is 0 Å². The Morgan fingerprint density at radius 3 is 2.69 bits per heavy atom. The molecular formula is C18H21ClN2O4S. The van der Waals surface area contributed by atoms with E-state index in [0.29, 0.717) is 35.8 Å². The molecule has 3 N–H and O–H groups in total. The Morgan fingerprint density at radius 2 is 2.00 bits per heavy atom. The first kappa shape index (κ1) is 20.2. The molecule has 26 heavy (non-hydrogen) atoms. The minimum absolute atomic E-state index is 0.0240. The van der Waals surface area contributed by atoms with E-state index in [0.717, 1.165) is 5.56 Å². The topological polar surface area (TPSA) is 98.5 Å². The van der Waals surface area contributed by atoms with Gasteiger partial charge in [0.05, 0.1) is 11.5 Å². The van der Waals surface area contributed by atoms with E-state index in [1.165, 1.54) is 12.1 Å². The number of halogens is 1. The van der Waals surface area contributed by atoms with Crippen LogP contribution in [0.25, 0.3) is 0 Å². The number of carbonyl (C=O) groups excluding carboxylic acids is 1. The average Bonchev–Trinajstić information content (AvgIpc) is 2.59. The van der Waals surface area contributed by atoms with Crippen LogP contribution in [-0.2, 0) is 21.4 Å². The van der Waals surface area contributed by atoms with Gasteiger partial charge in [-0.3, -0.25) is 4.79 Å². The van der Waals surface area contributed by atoms with Crippen molar-refractivity contribution >= 4 is 27.5 Å². The van der Waals surface area contributed by atoms with Gasteiger partial charge in [0.15, 0.2) is 0 Å². The second kappa shape index (κ2) is 9.02. The zero-order valence-corrected chi connectivity index (χ0v) is 15.9. The molecule has 1 amide bonds. The molecule has 0 radical (unpaired) electrons. The quantitative estimate of drug-likeness (QED) is 0.670. The lowest BCUT2D eigenvalue weighted by Crippen LogP contribution is -2.23. The standard InChI is InChI=1S/C18H21ClN2O4S/c1-13-10-15(7-8-17(13)19)25-9-3-6-18(22)21-12-14-4-2-5-16(11-14)26(20,23)24/h2,4-5,7-8,10-11H,3,6,9,12H2,1H3,(H,21,22)(H2,20,23,24). The number of nitrogens with two attached hydrogens (primary N) is 1. The first-order valence-electron chi connectivity index (χ1n) is 8.03. The summed E-state index contributed by atoms with van der Waals surface area (Å²) in [6.07, 6.45) is 0.867. The van der Waals surface area contributed by atoms with E-state index in [4.69, 9.17) is 21.5 Å². The lowest BCUT2D eigenvalue weighted by molar-refractivity contribution is -0.121. The van der Waals surface area contributed by atoms with Gasteiger partial charge in [-0.25, -0.2) is 13.6 Å². The van der Waals surface area contributed by atoms with Crippen molar-refractivity contribution in [1.29, 1.82) is 0 Å². The van der Waals surface area contributed by atoms with E-state index < -0.39 is 10.0 Å². The number of primary sulfonamides is 1. The van der Waals surface area contributed by atoms with E-state index in [-0.39, 0.29) is 17.3 Å². The second-order valence-corrected chi connectivity index (χ2v) is 7.80. The number of rotatable bonds is 8. The summed E-state index contributed by atoms with van der Waals surface area (Å²) < 4.78 is 28.2. The van der Waals surface area contributed by atoms with Gasteiger partial charge in [-0.1, -0.05) is 23.7 Å². The molecule has 0 unspecified atom stereocenters. The van der Waals surface area contributed by atoms with Gasteiger partial charge in [0, 0.05) is 18.0 Å². The zero-order chi connectivity index (χ0) is 19.2. The Bertz CT molecular complexity index is 885. The SMILES string of the molecule is Cc1cc(OCCCC(=O)NCc2cccc(S(N)(=O)=O)c2)ccc1Cl. The predicted molar refractivity (Wildman–Crippen MR) is 101 cm³/mol. The van der Waals surface area contributed by atoms with Crippen LogP contribution in [0.5, 0.6) is 5.75 Å². The van der Waals surface area contributed by atoms with Crippen LogP contribution in [0.3, 0.4) is 0 Å². The van der Waals surface area contributed by atoms with E-state index in [9.17, 15) is 13.2 Å². The van der Waals surface area contributed by atoms with Crippen LogP contribution < -0.4 is 15.2 Å². The number of hydrogen-bond donors (Lipinski definition) is 2. The molecule has 0 aliphatic rings. The number of aryl methyl sites for hydroxylation is 1. The second-order valence-electron chi connectivity index (χ2n) is 5.83. The van der Waals surface area contributed by atoms with Gasteiger partial charge in [0.1, 0.15) is 5.75 Å². The smallest absolute Gasteiger partial charge is 0.238 e. The fourth-order valence-electron chi connectivity index (χ4n) is 2.25. The number of ether oxygens (including phenoxy) is 1. The monoisotopic (exact) mass is 396 g/mol. The summed E-state index contributed by atoms with van der Waals surface area (Å²) in [4.78, 5) is 11.9. The predicted octanol–water partition coefficient (Wildman–Crippen LogP) is 2.77. The van der Waals surface area contributed by atoms with Crippen LogP contribution in [0.1, 0.15) is 24.0 Å². The van der Waals surface area contributed by atoms with Crippen molar-refractivity contribution in [3.8, 4) is 5.75 Å². The first-order chi connectivity index (χ1) is 12.3. The van der Waals surface area contributed by atoms with Gasteiger partial charge in [-0.15, -0.1) is 0 Å². The molecule has 0 heterocycles. The molecule has 2 aromatic carbocycles. The molecule has 2 aromatic rings. The highest BCUT2D eigenvalue weighted by Crippen LogP contribution is 2.21. The van der Waals surface area contributed by atoms with Crippen LogP contribution in [-0.4, -0.2) is 20.9 Å². The minimum Gasteiger partial charge on any atom is -0.494 e. The van der Waals surface area contributed by atoms with Crippen molar-refractivity contribution in [3.05, 3.63) is 58.6 Å². The highest BCUT2D eigenvalue weighted by molar-refractivity contribution is 7.89. The summed E-state index contributed by atoms with van der Waals surface area (Å²) in [5, 5.41) is 8.52. The fraction of sp³-hybridized carbons (Fsp3) is 0.278. The van der Waals surface area contributed by atoms with Gasteiger partial charge in [0.25, 0.3) is 0 Å². The Kier molecular flexibility index (Phi) is 7.02. The number of benzene rings is 2. The Hall–Kier alpha value is -2.09.